The van der Waals surface area contributed by atoms with E-state index in [1.165, 1.54) is 19.4 Å². The van der Waals surface area contributed by atoms with E-state index in [9.17, 15) is 9.59 Å². The van der Waals surface area contributed by atoms with E-state index >= 15 is 0 Å². The Labute approximate surface area is 287 Å². The molecular formula is C36H48IN5O4. The van der Waals surface area contributed by atoms with Crippen LogP contribution in [0.2, 0.25) is 0 Å². The summed E-state index contributed by atoms with van der Waals surface area (Å²) in [5.74, 6) is 1.45. The summed E-state index contributed by atoms with van der Waals surface area (Å²) in [6.45, 7) is 12.2. The van der Waals surface area contributed by atoms with Gasteiger partial charge >= 0.3 is 6.03 Å². The number of hydrogen-bond acceptors (Lipinski definition) is 6. The summed E-state index contributed by atoms with van der Waals surface area (Å²) in [5.41, 5.74) is 2.91. The van der Waals surface area contributed by atoms with Crippen LogP contribution in [0.5, 0.6) is 17.2 Å². The lowest BCUT2D eigenvalue weighted by molar-refractivity contribution is 0.102. The van der Waals surface area contributed by atoms with Gasteiger partial charge in [0.15, 0.2) is 11.5 Å². The van der Waals surface area contributed by atoms with Crippen molar-refractivity contribution >= 4 is 51.6 Å². The van der Waals surface area contributed by atoms with Crippen molar-refractivity contribution in [2.75, 3.05) is 42.2 Å². The number of likely N-dealkylation sites (tertiary alicyclic amines) is 1. The second kappa shape index (κ2) is 18.0. The standard InChI is InChI=1S/C36H48IN5O4/c1-5-8-21-42-22-19-29(20-23-42)38-27-11-9-26(10-12-27)35(43)39-28-13-16-31(17-14-28)46-33-18-15-30(24-34(33)45-7-3)40-36(44)41-32(6-2)25(4)37/h9-18,24-25,29,32,38H,5-8,19-23H2,1-4H3,(H,39,43)(H2,40,41,44). The fraction of sp³-hybridized carbons (Fsp3) is 0.444. The lowest BCUT2D eigenvalue weighted by Crippen LogP contribution is -2.41. The third kappa shape index (κ3) is 10.8. The second-order valence-electron chi connectivity index (χ2n) is 11.7. The average Bonchev–Trinajstić information content (AvgIpc) is 3.05. The molecule has 2 atom stereocenters. The zero-order valence-corrected chi connectivity index (χ0v) is 29.6. The molecule has 0 radical (unpaired) electrons. The predicted molar refractivity (Wildman–Crippen MR) is 196 cm³/mol. The van der Waals surface area contributed by atoms with Gasteiger partial charge in [-0.25, -0.2) is 4.79 Å². The number of carbonyl (C=O) groups excluding carboxylic acids is 2. The molecule has 4 N–H and O–H groups in total. The molecule has 1 aliphatic rings. The van der Waals surface area contributed by atoms with Crippen LogP contribution in [-0.2, 0) is 0 Å². The number of benzene rings is 3. The maximum Gasteiger partial charge on any atom is 0.319 e. The fourth-order valence-electron chi connectivity index (χ4n) is 5.39. The molecule has 0 aliphatic carbocycles. The van der Waals surface area contributed by atoms with Crippen LogP contribution in [0, 0.1) is 0 Å². The minimum Gasteiger partial charge on any atom is -0.490 e. The highest BCUT2D eigenvalue weighted by Gasteiger charge is 2.19. The number of anilines is 3. The molecule has 10 heteroatoms. The zero-order valence-electron chi connectivity index (χ0n) is 27.4. The largest absolute Gasteiger partial charge is 0.490 e. The van der Waals surface area contributed by atoms with E-state index in [-0.39, 0.29) is 18.0 Å². The quantitative estimate of drug-likeness (QED) is 0.0921. The Morgan fingerprint density at radius 2 is 1.57 bits per heavy atom. The summed E-state index contributed by atoms with van der Waals surface area (Å²) in [6.07, 6.45) is 5.63. The van der Waals surface area contributed by atoms with Gasteiger partial charge in [0.05, 0.1) is 6.61 Å². The molecule has 9 nitrogen and oxygen atoms in total. The van der Waals surface area contributed by atoms with Crippen molar-refractivity contribution in [2.45, 2.75) is 75.8 Å². The maximum absolute atomic E-state index is 12.9. The molecule has 1 fully saturated rings. The Hall–Kier alpha value is -3.51. The molecule has 0 saturated carbocycles. The van der Waals surface area contributed by atoms with Crippen LogP contribution in [0.4, 0.5) is 21.9 Å². The van der Waals surface area contributed by atoms with Gasteiger partial charge < -0.3 is 35.6 Å². The maximum atomic E-state index is 12.9. The molecule has 2 unspecified atom stereocenters. The summed E-state index contributed by atoms with van der Waals surface area (Å²) < 4.78 is 12.2. The summed E-state index contributed by atoms with van der Waals surface area (Å²) in [7, 11) is 0. The Morgan fingerprint density at radius 1 is 0.891 bits per heavy atom. The van der Waals surface area contributed by atoms with Crippen molar-refractivity contribution in [1.29, 1.82) is 0 Å². The highest BCUT2D eigenvalue weighted by molar-refractivity contribution is 14.1. The van der Waals surface area contributed by atoms with Crippen LogP contribution in [0.3, 0.4) is 0 Å². The summed E-state index contributed by atoms with van der Waals surface area (Å²) in [4.78, 5) is 28.0. The molecule has 0 bridgehead atoms. The van der Waals surface area contributed by atoms with Gasteiger partial charge in [-0.05, 0) is 99.8 Å². The number of nitrogens with zero attached hydrogens (tertiary/aromatic N) is 1. The van der Waals surface area contributed by atoms with Gasteiger partial charge in [-0.3, -0.25) is 4.79 Å². The lowest BCUT2D eigenvalue weighted by Gasteiger charge is -2.32. The molecule has 1 heterocycles. The van der Waals surface area contributed by atoms with E-state index in [2.05, 4.69) is 69.5 Å². The van der Waals surface area contributed by atoms with Gasteiger partial charge in [-0.1, -0.05) is 49.8 Å². The summed E-state index contributed by atoms with van der Waals surface area (Å²) >= 11 is 2.32. The number of amides is 3. The number of nitrogens with one attached hydrogen (secondary N) is 4. The number of unbranched alkanes of at least 4 members (excludes halogenated alkanes) is 1. The zero-order chi connectivity index (χ0) is 32.9. The van der Waals surface area contributed by atoms with Crippen LogP contribution >= 0.6 is 22.6 Å². The van der Waals surface area contributed by atoms with E-state index in [1.807, 2.05) is 31.2 Å². The van der Waals surface area contributed by atoms with Gasteiger partial charge in [0.1, 0.15) is 5.75 Å². The normalized spacial score (nSPS) is 15.0. The highest BCUT2D eigenvalue weighted by atomic mass is 127. The number of rotatable bonds is 15. The topological polar surface area (TPSA) is 104 Å². The first-order chi connectivity index (χ1) is 22.3. The molecule has 3 aromatic carbocycles. The molecule has 3 amide bonds. The molecule has 46 heavy (non-hydrogen) atoms. The number of piperidine rings is 1. The summed E-state index contributed by atoms with van der Waals surface area (Å²) in [5, 5.41) is 12.5. The van der Waals surface area contributed by atoms with E-state index in [1.54, 1.807) is 42.5 Å². The molecule has 0 spiro atoms. The van der Waals surface area contributed by atoms with Crippen LogP contribution in [0.1, 0.15) is 70.2 Å². The first kappa shape index (κ1) is 35.3. The molecular weight excluding hydrogens is 693 g/mol. The smallest absolute Gasteiger partial charge is 0.319 e. The first-order valence-electron chi connectivity index (χ1n) is 16.4. The van der Waals surface area contributed by atoms with Crippen LogP contribution in [0.15, 0.2) is 66.7 Å². The third-order valence-electron chi connectivity index (χ3n) is 8.09. The van der Waals surface area contributed by atoms with Crippen LogP contribution in [-0.4, -0.2) is 59.1 Å². The van der Waals surface area contributed by atoms with Gasteiger partial charge in [0.2, 0.25) is 0 Å². The number of hydrogen-bond donors (Lipinski definition) is 4. The van der Waals surface area contributed by atoms with Crippen molar-refractivity contribution < 1.29 is 19.1 Å². The minimum atomic E-state index is -0.259. The molecule has 3 aromatic rings. The van der Waals surface area contributed by atoms with E-state index in [0.717, 1.165) is 38.0 Å². The van der Waals surface area contributed by atoms with Crippen molar-refractivity contribution in [3.05, 3.63) is 72.3 Å². The third-order valence-corrected chi connectivity index (χ3v) is 8.95. The monoisotopic (exact) mass is 741 g/mol. The molecule has 0 aromatic heterocycles. The van der Waals surface area contributed by atoms with E-state index < -0.39 is 0 Å². The molecule has 1 saturated heterocycles. The fourth-order valence-corrected chi connectivity index (χ4v) is 6.08. The number of carbonyl (C=O) groups is 2. The average molecular weight is 742 g/mol. The summed E-state index contributed by atoms with van der Waals surface area (Å²) in [6, 6.07) is 20.4. The van der Waals surface area contributed by atoms with Crippen molar-refractivity contribution in [3.63, 3.8) is 0 Å². The Bertz CT molecular complexity index is 1390. The lowest BCUT2D eigenvalue weighted by atomic mass is 10.0. The number of ether oxygens (including phenoxy) is 2. The Kier molecular flexibility index (Phi) is 13.8. The number of halogens is 1. The van der Waals surface area contributed by atoms with Crippen LogP contribution in [0.25, 0.3) is 0 Å². The van der Waals surface area contributed by atoms with Crippen molar-refractivity contribution in [2.24, 2.45) is 0 Å². The van der Waals surface area contributed by atoms with Gasteiger partial charge in [-0.2, -0.15) is 0 Å². The Morgan fingerprint density at radius 3 is 2.20 bits per heavy atom. The highest BCUT2D eigenvalue weighted by Crippen LogP contribution is 2.34. The van der Waals surface area contributed by atoms with Gasteiger partial charge in [0.25, 0.3) is 5.91 Å². The van der Waals surface area contributed by atoms with Crippen molar-refractivity contribution in [3.8, 4) is 17.2 Å². The predicted octanol–water partition coefficient (Wildman–Crippen LogP) is 8.53. The second-order valence-corrected chi connectivity index (χ2v) is 13.6. The van der Waals surface area contributed by atoms with E-state index in [0.29, 0.717) is 50.8 Å². The Balaban J connectivity index is 1.29. The SMILES string of the molecule is CCCCN1CCC(Nc2ccc(C(=O)Nc3ccc(Oc4ccc(NC(=O)NC(CC)C(C)I)cc4OCC)cc3)cc2)CC1. The number of urea groups is 1. The molecule has 248 valence electrons. The van der Waals surface area contributed by atoms with Crippen LogP contribution < -0.4 is 30.7 Å². The molecule has 4 rings (SSSR count). The van der Waals surface area contributed by atoms with Crippen molar-refractivity contribution in [1.82, 2.24) is 10.2 Å². The van der Waals surface area contributed by atoms with E-state index in [4.69, 9.17) is 9.47 Å². The first-order valence-corrected chi connectivity index (χ1v) is 17.7. The molecule has 1 aliphatic heterocycles. The van der Waals surface area contributed by atoms with Gasteiger partial charge in [-0.15, -0.1) is 0 Å². The van der Waals surface area contributed by atoms with Gasteiger partial charge in [0, 0.05) is 57.8 Å². The number of alkyl halides is 1. The minimum absolute atomic E-state index is 0.0819.